The summed E-state index contributed by atoms with van der Waals surface area (Å²) in [5.41, 5.74) is 0.578. The number of nitrogens with one attached hydrogen (secondary N) is 1. The molecule has 40 heavy (non-hydrogen) atoms. The van der Waals surface area contributed by atoms with Crippen LogP contribution < -0.4 is 14.8 Å². The van der Waals surface area contributed by atoms with E-state index in [4.69, 9.17) is 18.9 Å². The summed E-state index contributed by atoms with van der Waals surface area (Å²) in [6.45, 7) is 13.9. The summed E-state index contributed by atoms with van der Waals surface area (Å²) in [5, 5.41) is 3.53. The van der Waals surface area contributed by atoms with Gasteiger partial charge in [0.05, 0.1) is 13.7 Å². The molecule has 0 radical (unpaired) electrons. The zero-order valence-corrected chi connectivity index (χ0v) is 25.4. The number of nitrogens with zero attached hydrogens (tertiary/aromatic N) is 2. The van der Waals surface area contributed by atoms with Crippen molar-refractivity contribution in [3.8, 4) is 11.5 Å². The Morgan fingerprint density at radius 2 is 1.60 bits per heavy atom. The highest BCUT2D eigenvalue weighted by Gasteiger charge is 2.35. The topological polar surface area (TPSA) is 89.6 Å². The first kappa shape index (κ1) is 32.2. The summed E-state index contributed by atoms with van der Waals surface area (Å²) in [4.78, 5) is 31.1. The van der Waals surface area contributed by atoms with Gasteiger partial charge in [-0.2, -0.15) is 0 Å². The monoisotopic (exact) mass is 561 g/mol. The van der Waals surface area contributed by atoms with Crippen molar-refractivity contribution in [3.05, 3.63) is 23.8 Å². The minimum Gasteiger partial charge on any atom is -0.493 e. The van der Waals surface area contributed by atoms with E-state index in [9.17, 15) is 9.59 Å². The molecule has 1 unspecified atom stereocenters. The van der Waals surface area contributed by atoms with E-state index in [2.05, 4.69) is 37.9 Å². The molecule has 2 atom stereocenters. The zero-order valence-electron chi connectivity index (χ0n) is 25.4. The fraction of sp³-hybridized carbons (Fsp3) is 0.742. The predicted molar refractivity (Wildman–Crippen MR) is 156 cm³/mol. The van der Waals surface area contributed by atoms with Crippen molar-refractivity contribution in [2.24, 2.45) is 17.8 Å². The number of methoxy groups -OCH3 is 2. The smallest absolute Gasteiger partial charge is 0.254 e. The molecule has 0 aliphatic carbocycles. The molecule has 0 spiro atoms. The Labute approximate surface area is 240 Å². The second-order valence-electron chi connectivity index (χ2n) is 11.7. The zero-order chi connectivity index (χ0) is 29.1. The lowest BCUT2D eigenvalue weighted by Crippen LogP contribution is -2.46. The van der Waals surface area contributed by atoms with Crippen LogP contribution in [0.2, 0.25) is 0 Å². The van der Waals surface area contributed by atoms with Crippen LogP contribution in [0.3, 0.4) is 0 Å². The van der Waals surface area contributed by atoms with Gasteiger partial charge in [0.15, 0.2) is 11.5 Å². The summed E-state index contributed by atoms with van der Waals surface area (Å²) < 4.78 is 22.0. The molecule has 2 saturated heterocycles. The molecule has 0 saturated carbocycles. The Hall–Kier alpha value is -2.36. The van der Waals surface area contributed by atoms with E-state index in [-0.39, 0.29) is 35.7 Å². The van der Waals surface area contributed by atoms with E-state index in [0.29, 0.717) is 55.7 Å². The lowest BCUT2D eigenvalue weighted by molar-refractivity contribution is -0.135. The van der Waals surface area contributed by atoms with Gasteiger partial charge in [-0.05, 0) is 76.5 Å². The molecular weight excluding hydrogens is 510 g/mol. The highest BCUT2D eigenvalue weighted by atomic mass is 16.5. The van der Waals surface area contributed by atoms with Gasteiger partial charge in [0.2, 0.25) is 5.91 Å². The standard InChI is InChI=1S/C31H51N3O6/c1-22(2)33(30(35)16-24-10-14-39-15-11-24)20-26-18-32-19-27(26)21-34(23(3)4)31(36)25-8-9-28(38-6)29(17-25)40-13-7-12-37-5/h8-9,17,22-24,26-27,32H,7,10-16,18-21H2,1-6H3/t26?,27-/m0/s1. The van der Waals surface area contributed by atoms with Crippen LogP contribution in [-0.2, 0) is 14.3 Å². The number of rotatable bonds is 15. The quantitative estimate of drug-likeness (QED) is 0.326. The van der Waals surface area contributed by atoms with Crippen LogP contribution in [0.25, 0.3) is 0 Å². The highest BCUT2D eigenvalue weighted by Crippen LogP contribution is 2.30. The van der Waals surface area contributed by atoms with Gasteiger partial charge in [-0.25, -0.2) is 0 Å². The Bertz CT molecular complexity index is 934. The second kappa shape index (κ2) is 16.2. The largest absolute Gasteiger partial charge is 0.493 e. The van der Waals surface area contributed by atoms with Crippen LogP contribution in [0.4, 0.5) is 0 Å². The van der Waals surface area contributed by atoms with Crippen molar-refractivity contribution < 1.29 is 28.5 Å². The van der Waals surface area contributed by atoms with Crippen LogP contribution in [0.1, 0.15) is 63.7 Å². The summed E-state index contributed by atoms with van der Waals surface area (Å²) in [6, 6.07) is 5.54. The highest BCUT2D eigenvalue weighted by molar-refractivity contribution is 5.95. The van der Waals surface area contributed by atoms with Crippen molar-refractivity contribution in [2.75, 3.05) is 66.8 Å². The number of ether oxygens (including phenoxy) is 4. The molecule has 9 nitrogen and oxygen atoms in total. The average Bonchev–Trinajstić information content (AvgIpc) is 3.39. The van der Waals surface area contributed by atoms with E-state index in [1.54, 1.807) is 32.4 Å². The fourth-order valence-electron chi connectivity index (χ4n) is 5.64. The van der Waals surface area contributed by atoms with Crippen molar-refractivity contribution in [1.29, 1.82) is 0 Å². The maximum atomic E-state index is 13.8. The Balaban J connectivity index is 1.68. The average molecular weight is 562 g/mol. The molecule has 0 aromatic heterocycles. The van der Waals surface area contributed by atoms with Gasteiger partial charge in [0, 0.05) is 83.6 Å². The predicted octanol–water partition coefficient (Wildman–Crippen LogP) is 3.85. The Morgan fingerprint density at radius 1 is 0.950 bits per heavy atom. The van der Waals surface area contributed by atoms with E-state index in [1.165, 1.54) is 0 Å². The van der Waals surface area contributed by atoms with E-state index < -0.39 is 0 Å². The fourth-order valence-corrected chi connectivity index (χ4v) is 5.64. The van der Waals surface area contributed by atoms with Crippen LogP contribution in [-0.4, -0.2) is 101 Å². The molecule has 2 aliphatic rings. The van der Waals surface area contributed by atoms with Gasteiger partial charge in [0.25, 0.3) is 5.91 Å². The molecule has 226 valence electrons. The van der Waals surface area contributed by atoms with Crippen LogP contribution in [0, 0.1) is 17.8 Å². The third kappa shape index (κ3) is 9.08. The normalized spacial score (nSPS) is 19.7. The van der Waals surface area contributed by atoms with Gasteiger partial charge >= 0.3 is 0 Å². The van der Waals surface area contributed by atoms with Crippen LogP contribution in [0.15, 0.2) is 18.2 Å². The molecule has 2 heterocycles. The van der Waals surface area contributed by atoms with Crippen molar-refractivity contribution >= 4 is 11.8 Å². The number of benzene rings is 1. The van der Waals surface area contributed by atoms with E-state index >= 15 is 0 Å². The summed E-state index contributed by atoms with van der Waals surface area (Å²) in [5.74, 6) is 2.32. The van der Waals surface area contributed by atoms with Crippen LogP contribution in [0.5, 0.6) is 11.5 Å². The number of hydrogen-bond acceptors (Lipinski definition) is 7. The first-order chi connectivity index (χ1) is 19.2. The van der Waals surface area contributed by atoms with Crippen LogP contribution >= 0.6 is 0 Å². The van der Waals surface area contributed by atoms with E-state index in [0.717, 1.165) is 45.6 Å². The third-order valence-corrected chi connectivity index (χ3v) is 8.14. The van der Waals surface area contributed by atoms with Gasteiger partial charge in [0.1, 0.15) is 0 Å². The van der Waals surface area contributed by atoms with Gasteiger partial charge in [-0.3, -0.25) is 9.59 Å². The molecule has 0 bridgehead atoms. The number of hydrogen-bond donors (Lipinski definition) is 1. The lowest BCUT2D eigenvalue weighted by Gasteiger charge is -2.35. The summed E-state index contributed by atoms with van der Waals surface area (Å²) >= 11 is 0. The van der Waals surface area contributed by atoms with Gasteiger partial charge in [-0.1, -0.05) is 0 Å². The first-order valence-electron chi connectivity index (χ1n) is 14.9. The maximum absolute atomic E-state index is 13.8. The van der Waals surface area contributed by atoms with Gasteiger partial charge < -0.3 is 34.1 Å². The molecule has 2 fully saturated rings. The Morgan fingerprint density at radius 3 is 2.20 bits per heavy atom. The second-order valence-corrected chi connectivity index (χ2v) is 11.7. The number of amides is 2. The van der Waals surface area contributed by atoms with Crippen molar-refractivity contribution in [2.45, 2.75) is 65.5 Å². The van der Waals surface area contributed by atoms with Crippen molar-refractivity contribution in [3.63, 3.8) is 0 Å². The molecular formula is C31H51N3O6. The maximum Gasteiger partial charge on any atom is 0.254 e. The molecule has 9 heteroatoms. The summed E-state index contributed by atoms with van der Waals surface area (Å²) in [6.07, 6.45) is 3.26. The lowest BCUT2D eigenvalue weighted by atomic mass is 9.92. The summed E-state index contributed by atoms with van der Waals surface area (Å²) in [7, 11) is 3.26. The molecule has 1 aromatic rings. The van der Waals surface area contributed by atoms with E-state index in [1.807, 2.05) is 4.90 Å². The third-order valence-electron chi connectivity index (χ3n) is 8.14. The number of carbonyl (C=O) groups is 2. The molecule has 2 aliphatic heterocycles. The molecule has 1 aromatic carbocycles. The first-order valence-corrected chi connectivity index (χ1v) is 14.9. The Kier molecular flexibility index (Phi) is 13.0. The molecule has 1 N–H and O–H groups in total. The van der Waals surface area contributed by atoms with Crippen molar-refractivity contribution in [1.82, 2.24) is 15.1 Å². The molecule has 2 amide bonds. The van der Waals surface area contributed by atoms with Gasteiger partial charge in [-0.15, -0.1) is 0 Å². The minimum absolute atomic E-state index is 0.0262. The SMILES string of the molecule is COCCCOc1cc(C(=O)N(C[C@@H]2CNCC2CN(C(=O)CC2CCOCC2)C(C)C)C(C)C)ccc1OC. The molecule has 3 rings (SSSR count). The minimum atomic E-state index is -0.0265. The number of carbonyl (C=O) groups excluding carboxylic acids is 2.